The van der Waals surface area contributed by atoms with Gasteiger partial charge in [0, 0.05) is 3.57 Å². The van der Waals surface area contributed by atoms with Crippen LogP contribution in [-0.4, -0.2) is 4.98 Å². The van der Waals surface area contributed by atoms with Crippen molar-refractivity contribution in [2.45, 2.75) is 0 Å². The molecule has 0 spiro atoms. The summed E-state index contributed by atoms with van der Waals surface area (Å²) < 4.78 is 13.7. The largest absolute Gasteiger partial charge is 0.384 e. The molecule has 5 heteroatoms. The van der Waals surface area contributed by atoms with E-state index in [0.29, 0.717) is 5.82 Å². The van der Waals surface area contributed by atoms with Crippen LogP contribution in [0.3, 0.4) is 0 Å². The lowest BCUT2D eigenvalue weighted by atomic mass is 10.3. The molecule has 1 aromatic carbocycles. The van der Waals surface area contributed by atoms with E-state index in [9.17, 15) is 4.39 Å². The van der Waals surface area contributed by atoms with Crippen LogP contribution in [0.1, 0.15) is 0 Å². The minimum absolute atomic E-state index is 0.245. The second-order valence-electron chi connectivity index (χ2n) is 3.22. The molecule has 82 valence electrons. The number of nitrogens with one attached hydrogen (secondary N) is 1. The molecule has 0 bridgehead atoms. The van der Waals surface area contributed by atoms with Crippen LogP contribution in [0.2, 0.25) is 0 Å². The highest BCUT2D eigenvalue weighted by Crippen LogP contribution is 2.23. The van der Waals surface area contributed by atoms with Crippen molar-refractivity contribution in [2.24, 2.45) is 0 Å². The van der Waals surface area contributed by atoms with Crippen LogP contribution in [0.25, 0.3) is 0 Å². The van der Waals surface area contributed by atoms with Gasteiger partial charge in [0.25, 0.3) is 0 Å². The second kappa shape index (κ2) is 4.65. The molecule has 2 rings (SSSR count). The summed E-state index contributed by atoms with van der Waals surface area (Å²) >= 11 is 2.07. The third kappa shape index (κ3) is 2.60. The summed E-state index contributed by atoms with van der Waals surface area (Å²) in [6.45, 7) is 0. The van der Waals surface area contributed by atoms with Gasteiger partial charge in [-0.3, -0.25) is 0 Å². The molecule has 3 N–H and O–H groups in total. The summed E-state index contributed by atoms with van der Waals surface area (Å²) in [5.74, 6) is 0.227. The minimum Gasteiger partial charge on any atom is -0.384 e. The average Bonchev–Trinajstić information content (AvgIpc) is 2.25. The topological polar surface area (TPSA) is 50.9 Å². The fraction of sp³-hybridized carbons (Fsp3) is 0. The molecule has 0 aliphatic heterocycles. The molecule has 1 heterocycles. The minimum atomic E-state index is -0.245. The van der Waals surface area contributed by atoms with Gasteiger partial charge in [0.1, 0.15) is 11.6 Å². The van der Waals surface area contributed by atoms with Crippen molar-refractivity contribution in [3.8, 4) is 0 Å². The first-order valence-corrected chi connectivity index (χ1v) is 5.66. The maximum absolute atomic E-state index is 12.9. The molecule has 0 radical (unpaired) electrons. The second-order valence-corrected chi connectivity index (χ2v) is 4.38. The van der Waals surface area contributed by atoms with E-state index in [1.807, 2.05) is 6.07 Å². The normalized spacial score (nSPS) is 10.1. The molecule has 0 aliphatic carbocycles. The number of hydrogen-bond acceptors (Lipinski definition) is 3. The molecular weight excluding hydrogens is 320 g/mol. The molecule has 0 saturated heterocycles. The Morgan fingerprint density at radius 1 is 1.25 bits per heavy atom. The zero-order valence-electron chi connectivity index (χ0n) is 8.24. The Morgan fingerprint density at radius 3 is 2.69 bits per heavy atom. The van der Waals surface area contributed by atoms with E-state index in [2.05, 4.69) is 32.9 Å². The third-order valence-corrected chi connectivity index (χ3v) is 2.89. The van der Waals surface area contributed by atoms with Crippen molar-refractivity contribution in [3.63, 3.8) is 0 Å². The van der Waals surface area contributed by atoms with Crippen molar-refractivity contribution >= 4 is 39.8 Å². The van der Waals surface area contributed by atoms with E-state index >= 15 is 0 Å². The number of halogens is 2. The molecule has 0 saturated carbocycles. The first-order chi connectivity index (χ1) is 7.65. The monoisotopic (exact) mass is 329 g/mol. The lowest BCUT2D eigenvalue weighted by Gasteiger charge is -2.08. The number of nitrogens with two attached hydrogens (primary N) is 1. The fourth-order valence-corrected chi connectivity index (χ4v) is 1.84. The highest BCUT2D eigenvalue weighted by molar-refractivity contribution is 14.1. The Morgan fingerprint density at radius 2 is 2.06 bits per heavy atom. The molecule has 1 aromatic heterocycles. The molecule has 0 fully saturated rings. The lowest BCUT2D eigenvalue weighted by molar-refractivity contribution is 0.627. The number of nitrogens with zero attached hydrogens (tertiary/aromatic N) is 1. The van der Waals surface area contributed by atoms with Crippen LogP contribution < -0.4 is 11.1 Å². The summed E-state index contributed by atoms with van der Waals surface area (Å²) in [5.41, 5.74) is 7.14. The van der Waals surface area contributed by atoms with Gasteiger partial charge in [-0.1, -0.05) is 0 Å². The highest BCUT2D eigenvalue weighted by Gasteiger charge is 2.01. The smallest absolute Gasteiger partial charge is 0.124 e. The van der Waals surface area contributed by atoms with E-state index in [0.717, 1.165) is 14.9 Å². The van der Waals surface area contributed by atoms with E-state index in [4.69, 9.17) is 5.73 Å². The third-order valence-electron chi connectivity index (χ3n) is 2.00. The first-order valence-electron chi connectivity index (χ1n) is 4.59. The maximum Gasteiger partial charge on any atom is 0.124 e. The molecule has 0 amide bonds. The van der Waals surface area contributed by atoms with Crippen molar-refractivity contribution in [3.05, 3.63) is 45.9 Å². The highest BCUT2D eigenvalue weighted by atomic mass is 127. The van der Waals surface area contributed by atoms with E-state index in [-0.39, 0.29) is 5.82 Å². The van der Waals surface area contributed by atoms with E-state index < -0.39 is 0 Å². The Bertz CT molecular complexity index is 499. The van der Waals surface area contributed by atoms with Crippen LogP contribution in [0.5, 0.6) is 0 Å². The van der Waals surface area contributed by atoms with Gasteiger partial charge in [-0.25, -0.2) is 9.37 Å². The van der Waals surface area contributed by atoms with Gasteiger partial charge in [-0.05, 0) is 52.9 Å². The first kappa shape index (κ1) is 11.1. The standard InChI is InChI=1S/C11H9FIN3/c12-7-1-3-10(9(13)5-7)16-8-2-4-11(14)15-6-8/h1-6,16H,(H2,14,15). The SMILES string of the molecule is Nc1ccc(Nc2ccc(F)cc2I)cn1. The number of rotatable bonds is 2. The molecule has 0 unspecified atom stereocenters. The van der Waals surface area contributed by atoms with Gasteiger partial charge in [0.15, 0.2) is 0 Å². The zero-order valence-corrected chi connectivity index (χ0v) is 10.4. The summed E-state index contributed by atoms with van der Waals surface area (Å²) in [5, 5.41) is 3.13. The molecule has 0 aliphatic rings. The van der Waals surface area contributed by atoms with E-state index in [1.54, 1.807) is 18.3 Å². The number of hydrogen-bond donors (Lipinski definition) is 2. The molecule has 0 atom stereocenters. The Kier molecular flexibility index (Phi) is 3.23. The van der Waals surface area contributed by atoms with Gasteiger partial charge in [-0.15, -0.1) is 0 Å². The average molecular weight is 329 g/mol. The van der Waals surface area contributed by atoms with Crippen LogP contribution in [-0.2, 0) is 0 Å². The summed E-state index contributed by atoms with van der Waals surface area (Å²) in [6.07, 6.45) is 1.63. The van der Waals surface area contributed by atoms with Crippen molar-refractivity contribution < 1.29 is 4.39 Å². The van der Waals surface area contributed by atoms with Crippen LogP contribution in [0, 0.1) is 9.39 Å². The number of aromatic nitrogens is 1. The predicted molar refractivity (Wildman–Crippen MR) is 71.0 cm³/mol. The zero-order chi connectivity index (χ0) is 11.5. The molecular formula is C11H9FIN3. The fourth-order valence-electron chi connectivity index (χ4n) is 1.23. The molecule has 3 nitrogen and oxygen atoms in total. The quantitative estimate of drug-likeness (QED) is 0.832. The Labute approximate surface area is 106 Å². The maximum atomic E-state index is 12.9. The number of anilines is 3. The van der Waals surface area contributed by atoms with Gasteiger partial charge >= 0.3 is 0 Å². The number of benzene rings is 1. The van der Waals surface area contributed by atoms with E-state index in [1.165, 1.54) is 12.1 Å². The van der Waals surface area contributed by atoms with Crippen LogP contribution in [0.4, 0.5) is 21.6 Å². The summed E-state index contributed by atoms with van der Waals surface area (Å²) in [4.78, 5) is 3.96. The molecule has 2 aromatic rings. The summed E-state index contributed by atoms with van der Waals surface area (Å²) in [6, 6.07) is 8.09. The van der Waals surface area contributed by atoms with Crippen LogP contribution >= 0.6 is 22.6 Å². The van der Waals surface area contributed by atoms with Crippen molar-refractivity contribution in [1.82, 2.24) is 4.98 Å². The lowest BCUT2D eigenvalue weighted by Crippen LogP contribution is -1.95. The van der Waals surface area contributed by atoms with Crippen molar-refractivity contribution in [2.75, 3.05) is 11.1 Å². The predicted octanol–water partition coefficient (Wildman–Crippen LogP) is 3.15. The van der Waals surface area contributed by atoms with Crippen molar-refractivity contribution in [1.29, 1.82) is 0 Å². The Hall–Kier alpha value is -1.37. The summed E-state index contributed by atoms with van der Waals surface area (Å²) in [7, 11) is 0. The van der Waals surface area contributed by atoms with Gasteiger partial charge in [-0.2, -0.15) is 0 Å². The van der Waals surface area contributed by atoms with Gasteiger partial charge < -0.3 is 11.1 Å². The molecule has 16 heavy (non-hydrogen) atoms. The Balaban J connectivity index is 2.23. The van der Waals surface area contributed by atoms with Gasteiger partial charge in [0.2, 0.25) is 0 Å². The number of nitrogen functional groups attached to an aromatic ring is 1. The van der Waals surface area contributed by atoms with Gasteiger partial charge in [0.05, 0.1) is 17.6 Å². The number of pyridine rings is 1. The van der Waals surface area contributed by atoms with Crippen LogP contribution in [0.15, 0.2) is 36.5 Å².